The van der Waals surface area contributed by atoms with Crippen molar-refractivity contribution in [3.63, 3.8) is 0 Å². The summed E-state index contributed by atoms with van der Waals surface area (Å²) in [6.45, 7) is 2.00. The second kappa shape index (κ2) is 5.08. The van der Waals surface area contributed by atoms with Gasteiger partial charge in [0.2, 0.25) is 0 Å². The van der Waals surface area contributed by atoms with Crippen molar-refractivity contribution in [3.05, 3.63) is 29.3 Å². The van der Waals surface area contributed by atoms with Crippen LogP contribution in [0.4, 0.5) is 4.79 Å². The minimum Gasteiger partial charge on any atom is -0.497 e. The number of alkyl carbamates (subject to hydrolysis) is 1. The predicted octanol–water partition coefficient (Wildman–Crippen LogP) is 1.55. The van der Waals surface area contributed by atoms with Crippen LogP contribution in [0, 0.1) is 0 Å². The quantitative estimate of drug-likeness (QED) is 0.882. The topological polar surface area (TPSA) is 64.6 Å². The van der Waals surface area contributed by atoms with Crippen molar-refractivity contribution in [2.45, 2.75) is 19.4 Å². The van der Waals surface area contributed by atoms with E-state index in [2.05, 4.69) is 5.32 Å². The number of fused-ring (bicyclic) bond motifs is 1. The maximum Gasteiger partial charge on any atom is 0.407 e. The third-order valence-electron chi connectivity index (χ3n) is 2.89. The van der Waals surface area contributed by atoms with E-state index in [0.717, 1.165) is 5.56 Å². The number of ether oxygens (including phenoxy) is 2. The normalized spacial score (nSPS) is 17.2. The third-order valence-corrected chi connectivity index (χ3v) is 2.89. The van der Waals surface area contributed by atoms with Gasteiger partial charge in [0.05, 0.1) is 19.8 Å². The molecule has 2 rings (SSSR count). The number of hydrogen-bond donors (Lipinski definition) is 1. The van der Waals surface area contributed by atoms with Crippen LogP contribution >= 0.6 is 0 Å². The fourth-order valence-electron chi connectivity index (χ4n) is 2.02. The third kappa shape index (κ3) is 2.30. The summed E-state index contributed by atoms with van der Waals surface area (Å²) in [7, 11) is 1.55. The van der Waals surface area contributed by atoms with Crippen LogP contribution in [0.5, 0.6) is 5.75 Å². The first kappa shape index (κ1) is 12.4. The van der Waals surface area contributed by atoms with E-state index in [1.807, 2.05) is 6.07 Å². The van der Waals surface area contributed by atoms with Crippen molar-refractivity contribution in [3.8, 4) is 5.75 Å². The fourth-order valence-corrected chi connectivity index (χ4v) is 2.02. The van der Waals surface area contributed by atoms with Crippen molar-refractivity contribution in [1.82, 2.24) is 5.32 Å². The predicted molar refractivity (Wildman–Crippen MR) is 65.0 cm³/mol. The van der Waals surface area contributed by atoms with Crippen LogP contribution in [0.1, 0.15) is 22.8 Å². The first-order valence-electron chi connectivity index (χ1n) is 5.80. The maximum atomic E-state index is 12.1. The number of carbonyl (C=O) groups is 2. The van der Waals surface area contributed by atoms with Crippen LogP contribution in [0.25, 0.3) is 0 Å². The summed E-state index contributed by atoms with van der Waals surface area (Å²) >= 11 is 0. The average Bonchev–Trinajstić information content (AvgIpc) is 2.66. The van der Waals surface area contributed by atoms with Gasteiger partial charge in [-0.15, -0.1) is 0 Å². The van der Waals surface area contributed by atoms with Gasteiger partial charge in [0, 0.05) is 12.0 Å². The molecular formula is C13H15NO4. The number of rotatable bonds is 3. The van der Waals surface area contributed by atoms with E-state index >= 15 is 0 Å². The van der Waals surface area contributed by atoms with Gasteiger partial charge in [-0.05, 0) is 24.6 Å². The van der Waals surface area contributed by atoms with E-state index in [-0.39, 0.29) is 12.4 Å². The van der Waals surface area contributed by atoms with Crippen LogP contribution in [-0.2, 0) is 11.2 Å². The summed E-state index contributed by atoms with van der Waals surface area (Å²) in [5.41, 5.74) is 1.53. The molecule has 1 atom stereocenters. The summed E-state index contributed by atoms with van der Waals surface area (Å²) in [6, 6.07) is 4.81. The summed E-state index contributed by atoms with van der Waals surface area (Å²) in [6.07, 6.45) is -0.0626. The van der Waals surface area contributed by atoms with Gasteiger partial charge in [-0.25, -0.2) is 4.79 Å². The molecule has 0 saturated carbocycles. The van der Waals surface area contributed by atoms with Crippen molar-refractivity contribution in [2.24, 2.45) is 0 Å². The molecule has 1 unspecified atom stereocenters. The Balaban J connectivity index is 2.12. The minimum absolute atomic E-state index is 0.100. The fraction of sp³-hybridized carbons (Fsp3) is 0.385. The lowest BCUT2D eigenvalue weighted by atomic mass is 10.1. The van der Waals surface area contributed by atoms with Gasteiger partial charge >= 0.3 is 6.09 Å². The Hall–Kier alpha value is -2.04. The van der Waals surface area contributed by atoms with Crippen molar-refractivity contribution in [1.29, 1.82) is 0 Å². The van der Waals surface area contributed by atoms with E-state index in [1.165, 1.54) is 0 Å². The molecule has 1 N–H and O–H groups in total. The molecule has 0 aliphatic heterocycles. The van der Waals surface area contributed by atoms with Crippen molar-refractivity contribution < 1.29 is 19.1 Å². The molecule has 1 aliphatic carbocycles. The molecule has 0 radical (unpaired) electrons. The van der Waals surface area contributed by atoms with Gasteiger partial charge in [0.25, 0.3) is 0 Å². The Bertz CT molecular complexity index is 484. The lowest BCUT2D eigenvalue weighted by Gasteiger charge is -2.10. The van der Waals surface area contributed by atoms with Crippen molar-refractivity contribution in [2.75, 3.05) is 13.7 Å². The lowest BCUT2D eigenvalue weighted by molar-refractivity contribution is 0.0939. The number of amides is 1. The van der Waals surface area contributed by atoms with E-state index in [9.17, 15) is 9.59 Å². The van der Waals surface area contributed by atoms with Gasteiger partial charge in [-0.2, -0.15) is 0 Å². The molecule has 0 fully saturated rings. The Morgan fingerprint density at radius 1 is 1.50 bits per heavy atom. The Morgan fingerprint density at radius 3 is 2.94 bits per heavy atom. The van der Waals surface area contributed by atoms with Crippen molar-refractivity contribution >= 4 is 11.9 Å². The average molecular weight is 249 g/mol. The summed E-state index contributed by atoms with van der Waals surface area (Å²) in [4.78, 5) is 23.4. The number of carbonyl (C=O) groups excluding carboxylic acids is 2. The van der Waals surface area contributed by atoms with Gasteiger partial charge in [-0.1, -0.05) is 6.07 Å². The second-order valence-electron chi connectivity index (χ2n) is 4.01. The molecule has 1 aliphatic rings. The van der Waals surface area contributed by atoms with E-state index in [0.29, 0.717) is 17.7 Å². The van der Waals surface area contributed by atoms with Gasteiger partial charge in [-0.3, -0.25) is 4.79 Å². The van der Waals surface area contributed by atoms with Gasteiger partial charge < -0.3 is 14.8 Å². The van der Waals surface area contributed by atoms with Gasteiger partial charge in [0.1, 0.15) is 5.75 Å². The molecule has 5 nitrogen and oxygen atoms in total. The SMILES string of the molecule is CCOC(=O)NC1Cc2ccc(OC)cc2C1=O. The number of ketones is 1. The van der Waals surface area contributed by atoms with Crippen LogP contribution in [0.15, 0.2) is 18.2 Å². The zero-order valence-electron chi connectivity index (χ0n) is 10.4. The Morgan fingerprint density at radius 2 is 2.28 bits per heavy atom. The monoisotopic (exact) mass is 249 g/mol. The molecule has 1 aromatic carbocycles. The minimum atomic E-state index is -0.560. The molecule has 0 spiro atoms. The molecule has 0 bridgehead atoms. The standard InChI is InChI=1S/C13H15NO4/c1-3-18-13(16)14-11-6-8-4-5-9(17-2)7-10(8)12(11)15/h4-5,7,11H,3,6H2,1-2H3,(H,14,16). The first-order valence-corrected chi connectivity index (χ1v) is 5.80. The molecule has 0 aromatic heterocycles. The largest absolute Gasteiger partial charge is 0.497 e. The Labute approximate surface area is 105 Å². The number of methoxy groups -OCH3 is 1. The highest BCUT2D eigenvalue weighted by Gasteiger charge is 2.32. The number of hydrogen-bond acceptors (Lipinski definition) is 4. The smallest absolute Gasteiger partial charge is 0.407 e. The molecule has 1 aromatic rings. The molecule has 96 valence electrons. The van der Waals surface area contributed by atoms with E-state index in [4.69, 9.17) is 9.47 Å². The molecular weight excluding hydrogens is 234 g/mol. The van der Waals surface area contributed by atoms with Crippen LogP contribution in [0.3, 0.4) is 0 Å². The molecule has 0 heterocycles. The zero-order chi connectivity index (χ0) is 13.1. The van der Waals surface area contributed by atoms with Crippen LogP contribution in [0.2, 0.25) is 0 Å². The zero-order valence-corrected chi connectivity index (χ0v) is 10.4. The molecule has 5 heteroatoms. The number of benzene rings is 1. The Kier molecular flexibility index (Phi) is 3.50. The number of Topliss-reactive ketones (excluding diaryl/α,β-unsaturated/α-hetero) is 1. The summed E-state index contributed by atoms with van der Waals surface area (Å²) < 4.78 is 9.85. The highest BCUT2D eigenvalue weighted by atomic mass is 16.5. The maximum absolute atomic E-state index is 12.1. The number of nitrogens with one attached hydrogen (secondary N) is 1. The molecule has 0 saturated heterocycles. The summed E-state index contributed by atoms with van der Waals surface area (Å²) in [5, 5.41) is 2.56. The highest BCUT2D eigenvalue weighted by molar-refractivity contribution is 6.06. The molecule has 18 heavy (non-hydrogen) atoms. The second-order valence-corrected chi connectivity index (χ2v) is 4.01. The summed E-state index contributed by atoms with van der Waals surface area (Å²) in [5.74, 6) is 0.538. The first-order chi connectivity index (χ1) is 8.65. The van der Waals surface area contributed by atoms with Gasteiger partial charge in [0.15, 0.2) is 5.78 Å². The molecule has 1 amide bonds. The van der Waals surface area contributed by atoms with E-state index < -0.39 is 12.1 Å². The van der Waals surface area contributed by atoms with Crippen LogP contribution < -0.4 is 10.1 Å². The lowest BCUT2D eigenvalue weighted by Crippen LogP contribution is -2.39. The van der Waals surface area contributed by atoms with E-state index in [1.54, 1.807) is 26.2 Å². The highest BCUT2D eigenvalue weighted by Crippen LogP contribution is 2.26. The van der Waals surface area contributed by atoms with Crippen LogP contribution in [-0.4, -0.2) is 31.6 Å².